The Labute approximate surface area is 95.2 Å². The van der Waals surface area contributed by atoms with Crippen molar-refractivity contribution in [3.63, 3.8) is 0 Å². The Hall–Kier alpha value is -1.57. The van der Waals surface area contributed by atoms with Gasteiger partial charge in [0.25, 0.3) is 0 Å². The van der Waals surface area contributed by atoms with Gasteiger partial charge in [-0.1, -0.05) is 19.3 Å². The molecule has 1 aliphatic rings. The lowest BCUT2D eigenvalue weighted by molar-refractivity contribution is -0.138. The molecule has 5 heteroatoms. The fourth-order valence-corrected chi connectivity index (χ4v) is 2.24. The fourth-order valence-electron chi connectivity index (χ4n) is 2.24. The summed E-state index contributed by atoms with van der Waals surface area (Å²) >= 11 is 0. The highest BCUT2D eigenvalue weighted by Crippen LogP contribution is 2.29. The molecule has 16 heavy (non-hydrogen) atoms. The minimum Gasteiger partial charge on any atom is -0.369 e. The standard InChI is InChI=1S/C11H17N3O2/c1-14(7-12)11(16)9-6-4-2-3-5-8(9)10(13)15/h8-9H,2-6H2,1H3,(H2,13,15)/t8-,9+/m0/s1. The average Bonchev–Trinajstić information content (AvgIpc) is 2.52. The number of hydrogen-bond donors (Lipinski definition) is 1. The summed E-state index contributed by atoms with van der Waals surface area (Å²) in [6, 6.07) is 0. The second kappa shape index (κ2) is 5.50. The Morgan fingerprint density at radius 2 is 1.81 bits per heavy atom. The third-order valence-electron chi connectivity index (χ3n) is 3.18. The van der Waals surface area contributed by atoms with E-state index in [0.717, 1.165) is 24.2 Å². The van der Waals surface area contributed by atoms with Crippen LogP contribution in [0.4, 0.5) is 0 Å². The van der Waals surface area contributed by atoms with Crippen molar-refractivity contribution in [2.24, 2.45) is 17.6 Å². The zero-order valence-corrected chi connectivity index (χ0v) is 9.48. The first-order valence-corrected chi connectivity index (χ1v) is 5.54. The number of amides is 2. The molecule has 0 spiro atoms. The summed E-state index contributed by atoms with van der Waals surface area (Å²) in [5, 5.41) is 8.67. The number of nitrogens with zero attached hydrogens (tertiary/aromatic N) is 2. The van der Waals surface area contributed by atoms with Gasteiger partial charge in [-0.3, -0.25) is 14.5 Å². The lowest BCUT2D eigenvalue weighted by atomic mass is 9.86. The van der Waals surface area contributed by atoms with E-state index in [1.807, 2.05) is 0 Å². The van der Waals surface area contributed by atoms with Gasteiger partial charge >= 0.3 is 0 Å². The van der Waals surface area contributed by atoms with Crippen molar-refractivity contribution in [3.05, 3.63) is 0 Å². The minimum atomic E-state index is -0.424. The Morgan fingerprint density at radius 3 is 2.31 bits per heavy atom. The Kier molecular flexibility index (Phi) is 4.29. The van der Waals surface area contributed by atoms with Crippen LogP contribution in [0, 0.1) is 23.3 Å². The van der Waals surface area contributed by atoms with E-state index in [0.29, 0.717) is 12.8 Å². The monoisotopic (exact) mass is 223 g/mol. The van der Waals surface area contributed by atoms with Crippen LogP contribution in [-0.4, -0.2) is 23.8 Å². The van der Waals surface area contributed by atoms with Crippen molar-refractivity contribution in [2.75, 3.05) is 7.05 Å². The lowest BCUT2D eigenvalue weighted by Crippen LogP contribution is -2.39. The van der Waals surface area contributed by atoms with Crippen molar-refractivity contribution < 1.29 is 9.59 Å². The third-order valence-corrected chi connectivity index (χ3v) is 3.18. The minimum absolute atomic E-state index is 0.284. The zero-order valence-electron chi connectivity index (χ0n) is 9.48. The number of primary amides is 1. The first-order chi connectivity index (χ1) is 7.57. The van der Waals surface area contributed by atoms with Gasteiger partial charge in [0.1, 0.15) is 0 Å². The van der Waals surface area contributed by atoms with Crippen LogP contribution in [0.3, 0.4) is 0 Å². The molecule has 88 valence electrons. The molecule has 2 atom stereocenters. The summed E-state index contributed by atoms with van der Waals surface area (Å²) in [7, 11) is 1.42. The van der Waals surface area contributed by atoms with Crippen LogP contribution in [0.1, 0.15) is 32.1 Å². The van der Waals surface area contributed by atoms with E-state index in [1.54, 1.807) is 6.19 Å². The molecule has 1 rings (SSSR count). The molecule has 0 heterocycles. The lowest BCUT2D eigenvalue weighted by Gasteiger charge is -2.22. The van der Waals surface area contributed by atoms with Crippen molar-refractivity contribution >= 4 is 11.8 Å². The van der Waals surface area contributed by atoms with E-state index in [1.165, 1.54) is 7.05 Å². The SMILES string of the molecule is CN(C#N)C(=O)[C@@H]1CCCCC[C@@H]1C(N)=O. The van der Waals surface area contributed by atoms with E-state index in [-0.39, 0.29) is 5.91 Å². The predicted octanol–water partition coefficient (Wildman–Crippen LogP) is 0.608. The highest BCUT2D eigenvalue weighted by atomic mass is 16.2. The summed E-state index contributed by atoms with van der Waals surface area (Å²) in [6.07, 6.45) is 5.94. The van der Waals surface area contributed by atoms with Crippen molar-refractivity contribution in [1.82, 2.24) is 4.90 Å². The van der Waals surface area contributed by atoms with Gasteiger partial charge in [-0.25, -0.2) is 0 Å². The highest BCUT2D eigenvalue weighted by Gasteiger charge is 2.34. The summed E-state index contributed by atoms with van der Waals surface area (Å²) in [5.41, 5.74) is 5.31. The van der Waals surface area contributed by atoms with Crippen molar-refractivity contribution in [3.8, 4) is 6.19 Å². The fraction of sp³-hybridized carbons (Fsp3) is 0.727. The predicted molar refractivity (Wildman–Crippen MR) is 57.6 cm³/mol. The topological polar surface area (TPSA) is 87.2 Å². The molecule has 0 aromatic carbocycles. The van der Waals surface area contributed by atoms with Gasteiger partial charge in [-0.05, 0) is 12.8 Å². The summed E-state index contributed by atoms with van der Waals surface area (Å²) in [4.78, 5) is 24.2. The van der Waals surface area contributed by atoms with Crippen LogP contribution < -0.4 is 5.73 Å². The van der Waals surface area contributed by atoms with Crippen LogP contribution in [-0.2, 0) is 9.59 Å². The largest absolute Gasteiger partial charge is 0.369 e. The van der Waals surface area contributed by atoms with E-state index >= 15 is 0 Å². The molecule has 0 saturated heterocycles. The number of rotatable bonds is 2. The Balaban J connectivity index is 2.83. The molecule has 2 N–H and O–H groups in total. The van der Waals surface area contributed by atoms with E-state index in [4.69, 9.17) is 11.0 Å². The van der Waals surface area contributed by atoms with Crippen molar-refractivity contribution in [1.29, 1.82) is 5.26 Å². The van der Waals surface area contributed by atoms with Gasteiger partial charge in [0.2, 0.25) is 11.8 Å². The van der Waals surface area contributed by atoms with Gasteiger partial charge in [-0.15, -0.1) is 0 Å². The molecular formula is C11H17N3O2. The molecule has 1 fully saturated rings. The summed E-state index contributed by atoms with van der Waals surface area (Å²) < 4.78 is 0. The maximum absolute atomic E-state index is 11.9. The van der Waals surface area contributed by atoms with Crippen LogP contribution in [0.2, 0.25) is 0 Å². The van der Waals surface area contributed by atoms with Crippen LogP contribution in [0.5, 0.6) is 0 Å². The molecule has 0 unspecified atom stereocenters. The molecule has 0 bridgehead atoms. The Morgan fingerprint density at radius 1 is 1.25 bits per heavy atom. The molecule has 0 aromatic rings. The first kappa shape index (κ1) is 12.5. The number of hydrogen-bond acceptors (Lipinski definition) is 3. The number of nitrogens with two attached hydrogens (primary N) is 1. The number of nitriles is 1. The number of carbonyl (C=O) groups excluding carboxylic acids is 2. The zero-order chi connectivity index (χ0) is 12.1. The number of carbonyl (C=O) groups is 2. The maximum atomic E-state index is 11.9. The van der Waals surface area contributed by atoms with Gasteiger partial charge in [0, 0.05) is 13.0 Å². The maximum Gasteiger partial charge on any atom is 0.239 e. The molecule has 0 radical (unpaired) electrons. The van der Waals surface area contributed by atoms with Gasteiger partial charge in [0.05, 0.1) is 5.92 Å². The van der Waals surface area contributed by atoms with Crippen molar-refractivity contribution in [2.45, 2.75) is 32.1 Å². The summed E-state index contributed by atoms with van der Waals surface area (Å²) in [6.45, 7) is 0. The van der Waals surface area contributed by atoms with Gasteiger partial charge in [-0.2, -0.15) is 5.26 Å². The smallest absolute Gasteiger partial charge is 0.239 e. The molecule has 2 amide bonds. The molecule has 5 nitrogen and oxygen atoms in total. The second-order valence-corrected chi connectivity index (χ2v) is 4.25. The first-order valence-electron chi connectivity index (χ1n) is 5.54. The highest BCUT2D eigenvalue weighted by molar-refractivity contribution is 5.87. The molecule has 0 aromatic heterocycles. The van der Waals surface area contributed by atoms with E-state index < -0.39 is 17.7 Å². The second-order valence-electron chi connectivity index (χ2n) is 4.25. The third kappa shape index (κ3) is 2.72. The summed E-state index contributed by atoms with van der Waals surface area (Å²) in [5.74, 6) is -1.53. The molecular weight excluding hydrogens is 206 g/mol. The van der Waals surface area contributed by atoms with Crippen LogP contribution in [0.25, 0.3) is 0 Å². The quantitative estimate of drug-likeness (QED) is 0.422. The normalized spacial score (nSPS) is 25.2. The molecule has 1 aliphatic carbocycles. The molecule has 0 aliphatic heterocycles. The average molecular weight is 223 g/mol. The van der Waals surface area contributed by atoms with E-state index in [2.05, 4.69) is 0 Å². The van der Waals surface area contributed by atoms with Crippen LogP contribution >= 0.6 is 0 Å². The van der Waals surface area contributed by atoms with E-state index in [9.17, 15) is 9.59 Å². The van der Waals surface area contributed by atoms with Crippen LogP contribution in [0.15, 0.2) is 0 Å². The molecule has 1 saturated carbocycles. The Bertz CT molecular complexity index is 322. The van der Waals surface area contributed by atoms with Gasteiger partial charge in [0.15, 0.2) is 6.19 Å². The van der Waals surface area contributed by atoms with Gasteiger partial charge < -0.3 is 5.73 Å².